The summed E-state index contributed by atoms with van der Waals surface area (Å²) in [6.45, 7) is 4.75. The molecule has 2 rings (SSSR count). The van der Waals surface area contributed by atoms with Crippen LogP contribution in [0.1, 0.15) is 17.0 Å². The van der Waals surface area contributed by atoms with E-state index < -0.39 is 0 Å². The van der Waals surface area contributed by atoms with Crippen molar-refractivity contribution in [2.24, 2.45) is 17.8 Å². The van der Waals surface area contributed by atoms with E-state index in [1.165, 1.54) is 11.3 Å². The maximum Gasteiger partial charge on any atom is 0.193 e. The highest BCUT2D eigenvalue weighted by Crippen LogP contribution is 2.12. The normalized spacial score (nSPS) is 11.1. The number of hydrogen-bond donors (Lipinski definition) is 2. The fourth-order valence-corrected chi connectivity index (χ4v) is 2.18. The van der Waals surface area contributed by atoms with Gasteiger partial charge in [0.25, 0.3) is 0 Å². The molecule has 0 bridgehead atoms. The highest BCUT2D eigenvalue weighted by molar-refractivity contribution is 14.0. The number of nitrogens with one attached hydrogen (secondary N) is 1. The van der Waals surface area contributed by atoms with Crippen molar-refractivity contribution in [3.8, 4) is 0 Å². The molecule has 2 aromatic rings. The highest BCUT2D eigenvalue weighted by Gasteiger charge is 2.08. The Morgan fingerprint density at radius 1 is 1.29 bits per heavy atom. The van der Waals surface area contributed by atoms with Crippen LogP contribution in [0.2, 0.25) is 0 Å². The van der Waals surface area contributed by atoms with Crippen molar-refractivity contribution >= 4 is 35.6 Å². The van der Waals surface area contributed by atoms with Gasteiger partial charge in [0.2, 0.25) is 0 Å². The van der Waals surface area contributed by atoms with E-state index in [1.807, 2.05) is 49.0 Å². The number of aliphatic imine (C=N–C) groups is 1. The molecule has 1 heterocycles. The molecule has 0 aliphatic carbocycles. The molecule has 0 spiro atoms. The topological polar surface area (TPSA) is 68.2 Å². The first-order valence-electron chi connectivity index (χ1n) is 6.69. The van der Waals surface area contributed by atoms with Crippen LogP contribution in [-0.2, 0) is 13.5 Å². The first kappa shape index (κ1) is 17.5. The summed E-state index contributed by atoms with van der Waals surface area (Å²) in [6.07, 6.45) is 0.850. The van der Waals surface area contributed by atoms with Gasteiger partial charge in [0.15, 0.2) is 5.96 Å². The number of aromatic nitrogens is 2. The molecule has 0 saturated carbocycles. The second-order valence-corrected chi connectivity index (χ2v) is 4.78. The fraction of sp³-hybridized carbons (Fsp3) is 0.333. The maximum atomic E-state index is 5.87. The maximum absolute atomic E-state index is 5.87. The van der Waals surface area contributed by atoms with Crippen LogP contribution in [0.15, 0.2) is 35.3 Å². The Labute approximate surface area is 142 Å². The van der Waals surface area contributed by atoms with Crippen molar-refractivity contribution < 1.29 is 0 Å². The van der Waals surface area contributed by atoms with E-state index in [-0.39, 0.29) is 24.0 Å². The Balaban J connectivity index is 0.00000220. The fourth-order valence-electron chi connectivity index (χ4n) is 2.18. The van der Waals surface area contributed by atoms with Gasteiger partial charge in [-0.15, -0.1) is 24.0 Å². The second-order valence-electron chi connectivity index (χ2n) is 4.78. The van der Waals surface area contributed by atoms with Gasteiger partial charge >= 0.3 is 0 Å². The number of aryl methyl sites for hydroxylation is 2. The van der Waals surface area contributed by atoms with Gasteiger partial charge in [0.1, 0.15) is 0 Å². The number of nitrogens with two attached hydrogens (primary N) is 1. The summed E-state index contributed by atoms with van der Waals surface area (Å²) in [5.74, 6) is 0.440. The van der Waals surface area contributed by atoms with Crippen molar-refractivity contribution in [3.63, 3.8) is 0 Å². The summed E-state index contributed by atoms with van der Waals surface area (Å²) >= 11 is 0. The molecule has 6 heteroatoms. The van der Waals surface area contributed by atoms with Crippen molar-refractivity contribution in [3.05, 3.63) is 47.3 Å². The lowest BCUT2D eigenvalue weighted by Gasteiger charge is -2.05. The number of guanidine groups is 1. The van der Waals surface area contributed by atoms with Crippen molar-refractivity contribution in [2.75, 3.05) is 11.9 Å². The zero-order valence-corrected chi connectivity index (χ0v) is 15.0. The third kappa shape index (κ3) is 4.73. The summed E-state index contributed by atoms with van der Waals surface area (Å²) in [7, 11) is 1.96. The molecule has 21 heavy (non-hydrogen) atoms. The van der Waals surface area contributed by atoms with Gasteiger partial charge in [-0.25, -0.2) is 0 Å². The molecule has 0 fully saturated rings. The molecule has 1 aromatic heterocycles. The van der Waals surface area contributed by atoms with E-state index >= 15 is 0 Å². The Hall–Kier alpha value is -1.57. The van der Waals surface area contributed by atoms with Gasteiger partial charge in [-0.3, -0.25) is 9.67 Å². The average Bonchev–Trinajstić information content (AvgIpc) is 2.66. The van der Waals surface area contributed by atoms with Crippen LogP contribution >= 0.6 is 24.0 Å². The van der Waals surface area contributed by atoms with Gasteiger partial charge < -0.3 is 11.1 Å². The molecule has 0 aliphatic heterocycles. The van der Waals surface area contributed by atoms with Gasteiger partial charge in [-0.05, 0) is 38.0 Å². The van der Waals surface area contributed by atoms with E-state index in [9.17, 15) is 0 Å². The zero-order valence-electron chi connectivity index (χ0n) is 12.6. The predicted molar refractivity (Wildman–Crippen MR) is 98.4 cm³/mol. The Morgan fingerprint density at radius 2 is 1.95 bits per heavy atom. The monoisotopic (exact) mass is 399 g/mol. The zero-order chi connectivity index (χ0) is 14.5. The molecule has 0 saturated heterocycles. The molecule has 3 N–H and O–H groups in total. The van der Waals surface area contributed by atoms with Crippen LogP contribution in [0.25, 0.3) is 0 Å². The van der Waals surface area contributed by atoms with Crippen LogP contribution in [0.3, 0.4) is 0 Å². The Kier molecular flexibility index (Phi) is 6.67. The summed E-state index contributed by atoms with van der Waals surface area (Å²) in [6, 6.07) is 9.79. The number of hydrogen-bond acceptors (Lipinski definition) is 2. The largest absolute Gasteiger partial charge is 0.370 e. The van der Waals surface area contributed by atoms with Crippen LogP contribution < -0.4 is 11.1 Å². The van der Waals surface area contributed by atoms with E-state index in [4.69, 9.17) is 5.73 Å². The number of nitrogens with zero attached hydrogens (tertiary/aromatic N) is 3. The van der Waals surface area contributed by atoms with Crippen molar-refractivity contribution in [1.29, 1.82) is 0 Å². The van der Waals surface area contributed by atoms with Gasteiger partial charge in [0.05, 0.1) is 5.69 Å². The lowest BCUT2D eigenvalue weighted by Crippen LogP contribution is -2.23. The lowest BCUT2D eigenvalue weighted by atomic mass is 10.1. The second kappa shape index (κ2) is 8.02. The minimum atomic E-state index is 0. The average molecular weight is 399 g/mol. The van der Waals surface area contributed by atoms with E-state index in [0.29, 0.717) is 12.5 Å². The Morgan fingerprint density at radius 3 is 2.52 bits per heavy atom. The summed E-state index contributed by atoms with van der Waals surface area (Å²) < 4.78 is 1.90. The molecule has 0 atom stereocenters. The molecular weight excluding hydrogens is 377 g/mol. The van der Waals surface area contributed by atoms with Crippen molar-refractivity contribution in [2.45, 2.75) is 20.3 Å². The summed E-state index contributed by atoms with van der Waals surface area (Å²) in [4.78, 5) is 4.35. The first-order chi connectivity index (χ1) is 9.58. The summed E-state index contributed by atoms with van der Waals surface area (Å²) in [5.41, 5.74) is 10.3. The molecular formula is C15H22IN5. The number of rotatable bonds is 4. The SMILES string of the molecule is Cc1nn(C)c(C)c1CCN=C(N)Nc1ccccc1.I. The smallest absolute Gasteiger partial charge is 0.193 e. The Bertz CT molecular complexity index is 604. The number of halogens is 1. The first-order valence-corrected chi connectivity index (χ1v) is 6.69. The number of para-hydroxylation sites is 1. The standard InChI is InChI=1S/C15H21N5.HI/c1-11-14(12(2)20(3)19-11)9-10-17-15(16)18-13-7-5-4-6-8-13;/h4-8H,9-10H2,1-3H3,(H3,16,17,18);1H. The van der Waals surface area contributed by atoms with E-state index in [1.54, 1.807) is 0 Å². The van der Waals surface area contributed by atoms with E-state index in [0.717, 1.165) is 17.8 Å². The minimum absolute atomic E-state index is 0. The van der Waals surface area contributed by atoms with Crippen LogP contribution in [0, 0.1) is 13.8 Å². The lowest BCUT2D eigenvalue weighted by molar-refractivity contribution is 0.730. The number of anilines is 1. The van der Waals surface area contributed by atoms with E-state index in [2.05, 4.69) is 22.3 Å². The van der Waals surface area contributed by atoms with Crippen LogP contribution in [-0.4, -0.2) is 22.3 Å². The third-order valence-corrected chi connectivity index (χ3v) is 3.35. The third-order valence-electron chi connectivity index (χ3n) is 3.35. The minimum Gasteiger partial charge on any atom is -0.370 e. The molecule has 0 aliphatic rings. The quantitative estimate of drug-likeness (QED) is 0.472. The molecule has 0 radical (unpaired) electrons. The van der Waals surface area contributed by atoms with Gasteiger partial charge in [0, 0.05) is 25.0 Å². The van der Waals surface area contributed by atoms with Crippen LogP contribution in [0.5, 0.6) is 0 Å². The van der Waals surface area contributed by atoms with Gasteiger partial charge in [-0.2, -0.15) is 5.10 Å². The predicted octanol–water partition coefficient (Wildman–Crippen LogP) is 2.62. The molecule has 5 nitrogen and oxygen atoms in total. The molecule has 0 unspecified atom stereocenters. The summed E-state index contributed by atoms with van der Waals surface area (Å²) in [5, 5.41) is 7.47. The molecule has 1 aromatic carbocycles. The van der Waals surface area contributed by atoms with Crippen molar-refractivity contribution in [1.82, 2.24) is 9.78 Å². The highest BCUT2D eigenvalue weighted by atomic mass is 127. The molecule has 114 valence electrons. The van der Waals surface area contributed by atoms with Gasteiger partial charge in [-0.1, -0.05) is 18.2 Å². The van der Waals surface area contributed by atoms with Crippen LogP contribution in [0.4, 0.5) is 5.69 Å². The molecule has 0 amide bonds. The number of benzene rings is 1.